The summed E-state index contributed by atoms with van der Waals surface area (Å²) in [5.74, 6) is 0.0389. The van der Waals surface area contributed by atoms with Crippen molar-refractivity contribution in [1.29, 1.82) is 0 Å². The molecule has 2 aliphatic rings. The van der Waals surface area contributed by atoms with Gasteiger partial charge in [-0.3, -0.25) is 9.48 Å². The van der Waals surface area contributed by atoms with Gasteiger partial charge in [0.05, 0.1) is 9.75 Å². The van der Waals surface area contributed by atoms with E-state index in [-0.39, 0.29) is 23.7 Å². The molecule has 4 nitrogen and oxygen atoms in total. The van der Waals surface area contributed by atoms with Crippen molar-refractivity contribution >= 4 is 17.2 Å². The summed E-state index contributed by atoms with van der Waals surface area (Å²) >= 11 is 1.25. The molecule has 2 aliphatic carbocycles. The zero-order chi connectivity index (χ0) is 21.3. The molecule has 2 aromatic heterocycles. The molecular formula is C22H28F3N3OS. The molecule has 164 valence electrons. The van der Waals surface area contributed by atoms with Crippen molar-refractivity contribution in [2.45, 2.75) is 82.5 Å². The highest BCUT2D eigenvalue weighted by Gasteiger charge is 2.36. The molecule has 0 radical (unpaired) electrons. The summed E-state index contributed by atoms with van der Waals surface area (Å²) in [6.07, 6.45) is 6.85. The van der Waals surface area contributed by atoms with Crippen molar-refractivity contribution < 1.29 is 18.0 Å². The lowest BCUT2D eigenvalue weighted by Gasteiger charge is -2.41. The van der Waals surface area contributed by atoms with Crippen LogP contribution in [0.25, 0.3) is 10.6 Å². The Labute approximate surface area is 179 Å². The van der Waals surface area contributed by atoms with Crippen LogP contribution >= 0.6 is 11.3 Å². The summed E-state index contributed by atoms with van der Waals surface area (Å²) in [7, 11) is 1.29. The van der Waals surface area contributed by atoms with E-state index in [4.69, 9.17) is 0 Å². The number of nitrogens with zero attached hydrogens (tertiary/aromatic N) is 3. The number of aromatic nitrogens is 2. The highest BCUT2D eigenvalue weighted by atomic mass is 32.1. The Bertz CT molecular complexity index is 859. The molecule has 30 heavy (non-hydrogen) atoms. The second-order valence-electron chi connectivity index (χ2n) is 8.50. The van der Waals surface area contributed by atoms with Crippen LogP contribution in [0, 0.1) is 0 Å². The van der Waals surface area contributed by atoms with E-state index in [0.717, 1.165) is 62.1 Å². The van der Waals surface area contributed by atoms with E-state index >= 15 is 0 Å². The summed E-state index contributed by atoms with van der Waals surface area (Å²) in [5.41, 5.74) is -0.527. The smallest absolute Gasteiger partial charge is 0.332 e. The van der Waals surface area contributed by atoms with Gasteiger partial charge in [0.1, 0.15) is 11.4 Å². The number of hydrogen-bond donors (Lipinski definition) is 0. The molecule has 8 heteroatoms. The molecule has 0 bridgehead atoms. The van der Waals surface area contributed by atoms with Crippen LogP contribution < -0.4 is 0 Å². The number of rotatable bonds is 4. The van der Waals surface area contributed by atoms with Crippen molar-refractivity contribution in [3.8, 4) is 10.6 Å². The van der Waals surface area contributed by atoms with Crippen molar-refractivity contribution in [3.63, 3.8) is 0 Å². The van der Waals surface area contributed by atoms with Crippen LogP contribution in [0.1, 0.15) is 79.6 Å². The van der Waals surface area contributed by atoms with Gasteiger partial charge in [0.25, 0.3) is 5.91 Å². The predicted molar refractivity (Wildman–Crippen MR) is 111 cm³/mol. The van der Waals surface area contributed by atoms with E-state index in [9.17, 15) is 18.0 Å². The van der Waals surface area contributed by atoms with Crippen LogP contribution in [0.3, 0.4) is 0 Å². The highest BCUT2D eigenvalue weighted by Crippen LogP contribution is 2.36. The Balaban J connectivity index is 1.59. The third kappa shape index (κ3) is 4.43. The Morgan fingerprint density at radius 2 is 1.60 bits per heavy atom. The first-order valence-electron chi connectivity index (χ1n) is 10.9. The van der Waals surface area contributed by atoms with E-state index in [1.807, 2.05) is 0 Å². The molecule has 1 amide bonds. The lowest BCUT2D eigenvalue weighted by Crippen LogP contribution is -2.48. The maximum Gasteiger partial charge on any atom is 0.433 e. The second kappa shape index (κ2) is 8.73. The Morgan fingerprint density at radius 3 is 2.10 bits per heavy atom. The third-order valence-corrected chi connectivity index (χ3v) is 7.51. The van der Waals surface area contributed by atoms with Gasteiger partial charge in [-0.1, -0.05) is 38.5 Å². The van der Waals surface area contributed by atoms with Crippen LogP contribution in [0.15, 0.2) is 18.2 Å². The average Bonchev–Trinajstić information content (AvgIpc) is 3.36. The Kier molecular flexibility index (Phi) is 6.23. The van der Waals surface area contributed by atoms with E-state index in [1.165, 1.54) is 31.2 Å². The molecule has 0 aromatic carbocycles. The number of carbonyl (C=O) groups excluding carboxylic acids is 1. The number of alkyl halides is 3. The van der Waals surface area contributed by atoms with Gasteiger partial charge in [0.2, 0.25) is 0 Å². The molecule has 0 atom stereocenters. The molecule has 0 aliphatic heterocycles. The van der Waals surface area contributed by atoms with Crippen LogP contribution in [0.4, 0.5) is 13.2 Å². The Morgan fingerprint density at radius 1 is 1.03 bits per heavy atom. The van der Waals surface area contributed by atoms with Gasteiger partial charge >= 0.3 is 6.18 Å². The van der Waals surface area contributed by atoms with Crippen LogP contribution in [0.5, 0.6) is 0 Å². The second-order valence-corrected chi connectivity index (χ2v) is 9.58. The number of thiophene rings is 1. The van der Waals surface area contributed by atoms with E-state index < -0.39 is 11.9 Å². The van der Waals surface area contributed by atoms with E-state index in [1.54, 1.807) is 12.1 Å². The zero-order valence-electron chi connectivity index (χ0n) is 17.2. The van der Waals surface area contributed by atoms with Gasteiger partial charge < -0.3 is 4.90 Å². The van der Waals surface area contributed by atoms with Crippen LogP contribution in [-0.2, 0) is 13.2 Å². The maximum atomic E-state index is 13.6. The molecule has 0 N–H and O–H groups in total. The molecule has 0 unspecified atom stereocenters. The van der Waals surface area contributed by atoms with Crippen LogP contribution in [0.2, 0.25) is 0 Å². The minimum absolute atomic E-state index is 0.0389. The third-order valence-electron chi connectivity index (χ3n) is 6.41. The number of amides is 1. The minimum Gasteiger partial charge on any atom is -0.332 e. The summed E-state index contributed by atoms with van der Waals surface area (Å²) in [5, 5.41) is 4.03. The zero-order valence-corrected chi connectivity index (χ0v) is 18.1. The summed E-state index contributed by atoms with van der Waals surface area (Å²) in [4.78, 5) is 16.9. The first-order valence-corrected chi connectivity index (χ1v) is 11.7. The summed E-state index contributed by atoms with van der Waals surface area (Å²) in [6, 6.07) is 5.10. The fourth-order valence-corrected chi connectivity index (χ4v) is 5.83. The molecule has 4 rings (SSSR count). The summed E-state index contributed by atoms with van der Waals surface area (Å²) in [6.45, 7) is 0. The van der Waals surface area contributed by atoms with Gasteiger partial charge in [-0.25, -0.2) is 0 Å². The molecular weight excluding hydrogens is 411 g/mol. The standard InChI is InChI=1S/C22H28F3N3OS/c1-27-20(22(23,24)25)14-17(26-27)18-12-13-19(30-18)21(29)28(15-8-4-2-5-9-15)16-10-6-3-7-11-16/h12-16H,2-11H2,1H3. The van der Waals surface area contributed by atoms with Crippen molar-refractivity contribution in [2.75, 3.05) is 0 Å². The number of halogens is 3. The molecule has 2 heterocycles. The molecule has 0 spiro atoms. The lowest BCUT2D eigenvalue weighted by atomic mass is 9.88. The SMILES string of the molecule is Cn1nc(-c2ccc(C(=O)N(C3CCCCC3)C3CCCCC3)s2)cc1C(F)(F)F. The minimum atomic E-state index is -4.45. The van der Waals surface area contributed by atoms with E-state index in [0.29, 0.717) is 9.75 Å². The number of aryl methyl sites for hydroxylation is 1. The Hall–Kier alpha value is -1.83. The van der Waals surface area contributed by atoms with Gasteiger partial charge in [0.15, 0.2) is 0 Å². The highest BCUT2D eigenvalue weighted by molar-refractivity contribution is 7.17. The van der Waals surface area contributed by atoms with E-state index in [2.05, 4.69) is 10.00 Å². The average molecular weight is 440 g/mol. The molecule has 0 saturated heterocycles. The molecule has 2 aromatic rings. The van der Waals surface area contributed by atoms with Crippen LogP contribution in [-0.4, -0.2) is 32.7 Å². The maximum absolute atomic E-state index is 13.6. The molecule has 2 fully saturated rings. The van der Waals surface area contributed by atoms with Crippen molar-refractivity contribution in [1.82, 2.24) is 14.7 Å². The fraction of sp³-hybridized carbons (Fsp3) is 0.636. The van der Waals surface area contributed by atoms with Gasteiger partial charge in [-0.15, -0.1) is 11.3 Å². The van der Waals surface area contributed by atoms with Gasteiger partial charge in [-0.05, 0) is 43.9 Å². The predicted octanol–water partition coefficient (Wildman–Crippen LogP) is 6.28. The first-order chi connectivity index (χ1) is 14.3. The van der Waals surface area contributed by atoms with Gasteiger partial charge in [0, 0.05) is 19.1 Å². The lowest BCUT2D eigenvalue weighted by molar-refractivity contribution is -0.143. The fourth-order valence-electron chi connectivity index (χ4n) is 4.92. The number of carbonyl (C=O) groups is 1. The quantitative estimate of drug-likeness (QED) is 0.563. The number of hydrogen-bond acceptors (Lipinski definition) is 3. The van der Waals surface area contributed by atoms with Crippen molar-refractivity contribution in [2.24, 2.45) is 7.05 Å². The molecule has 2 saturated carbocycles. The van der Waals surface area contributed by atoms with Gasteiger partial charge in [-0.2, -0.15) is 18.3 Å². The monoisotopic (exact) mass is 439 g/mol. The first kappa shape index (κ1) is 21.4. The largest absolute Gasteiger partial charge is 0.433 e. The van der Waals surface area contributed by atoms with Crippen molar-refractivity contribution in [3.05, 3.63) is 28.8 Å². The normalized spacial score (nSPS) is 19.2. The summed E-state index contributed by atoms with van der Waals surface area (Å²) < 4.78 is 40.2. The topological polar surface area (TPSA) is 38.1 Å².